The molecule has 3 aromatic rings. The quantitative estimate of drug-likeness (QED) is 0.579. The smallest absolute Gasteiger partial charge is 0.268 e. The van der Waals surface area contributed by atoms with Crippen LogP contribution >= 0.6 is 22.7 Å². The van der Waals surface area contributed by atoms with Gasteiger partial charge in [-0.05, 0) is 39.0 Å². The zero-order chi connectivity index (χ0) is 18.8. The van der Waals surface area contributed by atoms with Crippen molar-refractivity contribution in [2.45, 2.75) is 20.8 Å². The number of rotatable bonds is 6. The molecule has 1 aromatic carbocycles. The maximum Gasteiger partial charge on any atom is 0.268 e. The van der Waals surface area contributed by atoms with Crippen molar-refractivity contribution >= 4 is 48.9 Å². The van der Waals surface area contributed by atoms with Gasteiger partial charge in [0.2, 0.25) is 0 Å². The van der Waals surface area contributed by atoms with Gasteiger partial charge in [0.25, 0.3) is 5.91 Å². The monoisotopic (exact) mass is 395 g/mol. The summed E-state index contributed by atoms with van der Waals surface area (Å²) in [5, 5.41) is 0.947. The first kappa shape index (κ1) is 18.7. The predicted octanol–water partition coefficient (Wildman–Crippen LogP) is 5.15. The van der Waals surface area contributed by atoms with E-state index in [1.54, 1.807) is 18.3 Å². The van der Waals surface area contributed by atoms with Gasteiger partial charge in [-0.15, -0.1) is 11.3 Å². The molecule has 138 valence electrons. The number of aromatic nitrogens is 1. The Morgan fingerprint density at radius 2 is 1.77 bits per heavy atom. The summed E-state index contributed by atoms with van der Waals surface area (Å²) < 4.78 is 27.6. The Morgan fingerprint density at radius 1 is 1.04 bits per heavy atom. The summed E-state index contributed by atoms with van der Waals surface area (Å²) in [6.45, 7) is 8.06. The molecular weight excluding hydrogens is 376 g/mol. The zero-order valence-electron chi connectivity index (χ0n) is 14.8. The Balaban J connectivity index is 1.90. The highest BCUT2D eigenvalue weighted by molar-refractivity contribution is 7.29. The Morgan fingerprint density at radius 3 is 2.35 bits per heavy atom. The number of fused-ring (bicyclic) bond motifs is 1. The molecule has 0 radical (unpaired) electrons. The summed E-state index contributed by atoms with van der Waals surface area (Å²) in [5.41, 5.74) is 0.338. The second kappa shape index (κ2) is 7.67. The normalized spacial score (nSPS) is 11.1. The van der Waals surface area contributed by atoms with Crippen molar-refractivity contribution < 1.29 is 13.6 Å². The number of hydrogen-bond acceptors (Lipinski definition) is 5. The molecule has 0 fully saturated rings. The number of amides is 1. The maximum absolute atomic E-state index is 13.5. The fourth-order valence-corrected chi connectivity index (χ4v) is 4.98. The largest absolute Gasteiger partial charge is 0.349 e. The van der Waals surface area contributed by atoms with Crippen molar-refractivity contribution in [3.05, 3.63) is 40.8 Å². The molecule has 0 aliphatic carbocycles. The molecule has 2 heterocycles. The number of thiazole rings is 1. The molecular formula is C18H19F2N3OS2. The van der Waals surface area contributed by atoms with Gasteiger partial charge in [-0.3, -0.25) is 4.79 Å². The summed E-state index contributed by atoms with van der Waals surface area (Å²) >= 11 is 2.88. The lowest BCUT2D eigenvalue weighted by Gasteiger charge is -2.20. The number of anilines is 2. The summed E-state index contributed by atoms with van der Waals surface area (Å²) in [4.78, 5) is 22.4. The van der Waals surface area contributed by atoms with Crippen molar-refractivity contribution in [3.8, 4) is 0 Å². The molecule has 0 saturated heterocycles. The van der Waals surface area contributed by atoms with Crippen LogP contribution in [0.15, 0.2) is 24.3 Å². The second-order valence-electron chi connectivity index (χ2n) is 5.60. The van der Waals surface area contributed by atoms with E-state index in [0.717, 1.165) is 39.9 Å². The van der Waals surface area contributed by atoms with Crippen molar-refractivity contribution in [1.82, 2.24) is 4.98 Å². The number of thiophene rings is 1. The molecule has 0 unspecified atom stereocenters. The van der Waals surface area contributed by atoms with Crippen LogP contribution in [0.1, 0.15) is 30.4 Å². The minimum atomic E-state index is -0.966. The molecule has 26 heavy (non-hydrogen) atoms. The zero-order valence-corrected chi connectivity index (χ0v) is 16.4. The van der Waals surface area contributed by atoms with Crippen LogP contribution in [0, 0.1) is 11.6 Å². The first-order chi connectivity index (χ1) is 12.5. The molecule has 0 atom stereocenters. The third kappa shape index (κ3) is 3.43. The number of benzene rings is 1. The molecule has 0 bridgehead atoms. The van der Waals surface area contributed by atoms with E-state index >= 15 is 0 Å². The van der Waals surface area contributed by atoms with Crippen LogP contribution in [0.2, 0.25) is 0 Å². The lowest BCUT2D eigenvalue weighted by Crippen LogP contribution is -2.30. The summed E-state index contributed by atoms with van der Waals surface area (Å²) in [5.74, 6) is -2.13. The van der Waals surface area contributed by atoms with Gasteiger partial charge in [0.05, 0.1) is 9.58 Å². The van der Waals surface area contributed by atoms with E-state index in [0.29, 0.717) is 17.1 Å². The number of hydrogen-bond donors (Lipinski definition) is 0. The van der Waals surface area contributed by atoms with Crippen LogP contribution in [0.5, 0.6) is 0 Å². The molecule has 0 saturated carbocycles. The highest BCUT2D eigenvalue weighted by Crippen LogP contribution is 2.35. The number of carbonyl (C=O) groups excluding carboxylic acids is 1. The van der Waals surface area contributed by atoms with Gasteiger partial charge in [0, 0.05) is 31.4 Å². The van der Waals surface area contributed by atoms with Crippen LogP contribution in [-0.2, 0) is 0 Å². The lowest BCUT2D eigenvalue weighted by atomic mass is 10.2. The van der Waals surface area contributed by atoms with Crippen LogP contribution < -0.4 is 9.80 Å². The van der Waals surface area contributed by atoms with Crippen molar-refractivity contribution in [1.29, 1.82) is 0 Å². The summed E-state index contributed by atoms with van der Waals surface area (Å²) in [6.07, 6.45) is 0. The van der Waals surface area contributed by atoms with Crippen molar-refractivity contribution in [2.24, 2.45) is 0 Å². The minimum Gasteiger partial charge on any atom is -0.349 e. The molecule has 0 aliphatic heterocycles. The summed E-state index contributed by atoms with van der Waals surface area (Å²) in [7, 11) is 0. The van der Waals surface area contributed by atoms with Crippen molar-refractivity contribution in [2.75, 3.05) is 29.4 Å². The van der Waals surface area contributed by atoms with E-state index in [-0.39, 0.29) is 5.91 Å². The van der Waals surface area contributed by atoms with E-state index in [4.69, 9.17) is 0 Å². The first-order valence-corrected chi connectivity index (χ1v) is 10.0. The fraction of sp³-hybridized carbons (Fsp3) is 0.333. The van der Waals surface area contributed by atoms with Gasteiger partial charge in [-0.25, -0.2) is 13.8 Å². The average Bonchev–Trinajstić information content (AvgIpc) is 3.19. The third-order valence-corrected chi connectivity index (χ3v) is 6.31. The van der Waals surface area contributed by atoms with Crippen LogP contribution in [0.3, 0.4) is 0 Å². The third-order valence-electron chi connectivity index (χ3n) is 4.10. The SMILES string of the molecule is CCN(CC)c1nc2sc(C(=O)N(CC)c3ccc(F)c(F)c3)cc2s1. The second-order valence-corrected chi connectivity index (χ2v) is 7.64. The molecule has 2 aromatic heterocycles. The van der Waals surface area contributed by atoms with Gasteiger partial charge in [0.15, 0.2) is 16.8 Å². The number of carbonyl (C=O) groups is 1. The van der Waals surface area contributed by atoms with E-state index in [9.17, 15) is 13.6 Å². The van der Waals surface area contributed by atoms with Gasteiger partial charge < -0.3 is 9.80 Å². The van der Waals surface area contributed by atoms with Gasteiger partial charge >= 0.3 is 0 Å². The van der Waals surface area contributed by atoms with E-state index in [1.807, 2.05) is 6.07 Å². The molecule has 3 rings (SSSR count). The van der Waals surface area contributed by atoms with Gasteiger partial charge in [-0.1, -0.05) is 11.3 Å². The number of nitrogens with zero attached hydrogens (tertiary/aromatic N) is 3. The molecule has 1 amide bonds. The van der Waals surface area contributed by atoms with Crippen LogP contribution in [0.4, 0.5) is 19.6 Å². The van der Waals surface area contributed by atoms with E-state index in [2.05, 4.69) is 23.7 Å². The van der Waals surface area contributed by atoms with Crippen molar-refractivity contribution in [3.63, 3.8) is 0 Å². The van der Waals surface area contributed by atoms with E-state index in [1.165, 1.54) is 22.3 Å². The summed E-state index contributed by atoms with van der Waals surface area (Å²) in [6, 6.07) is 5.32. The predicted molar refractivity (Wildman–Crippen MR) is 105 cm³/mol. The first-order valence-electron chi connectivity index (χ1n) is 8.40. The van der Waals surface area contributed by atoms with Gasteiger partial charge in [-0.2, -0.15) is 0 Å². The van der Waals surface area contributed by atoms with Gasteiger partial charge in [0.1, 0.15) is 4.83 Å². The van der Waals surface area contributed by atoms with E-state index < -0.39 is 11.6 Å². The fourth-order valence-electron chi connectivity index (χ4n) is 2.69. The van der Waals surface area contributed by atoms with Crippen LogP contribution in [-0.4, -0.2) is 30.5 Å². The maximum atomic E-state index is 13.5. The highest BCUT2D eigenvalue weighted by atomic mass is 32.1. The molecule has 0 aliphatic rings. The Bertz CT molecular complexity index is 902. The molecule has 8 heteroatoms. The Labute approximate surface area is 158 Å². The number of halogens is 2. The Kier molecular flexibility index (Phi) is 5.52. The molecule has 0 spiro atoms. The lowest BCUT2D eigenvalue weighted by molar-refractivity contribution is 0.0992. The van der Waals surface area contributed by atoms with Crippen LogP contribution in [0.25, 0.3) is 9.53 Å². The standard InChI is InChI=1S/C18H19F2N3OS2/c1-4-22(5-2)18-21-16-14(26-18)10-15(25-16)17(24)23(6-3)11-7-8-12(19)13(20)9-11/h7-10H,4-6H2,1-3H3. The minimum absolute atomic E-state index is 0.238. The molecule has 4 nitrogen and oxygen atoms in total. The highest BCUT2D eigenvalue weighted by Gasteiger charge is 2.21. The average molecular weight is 396 g/mol. The Hall–Kier alpha value is -2.06. The topological polar surface area (TPSA) is 36.4 Å². The molecule has 0 N–H and O–H groups in total.